The van der Waals surface area contributed by atoms with Gasteiger partial charge in [0.2, 0.25) is 0 Å². The van der Waals surface area contributed by atoms with Crippen LogP contribution >= 0.6 is 0 Å². The Labute approximate surface area is 167 Å². The molecule has 0 unspecified atom stereocenters. The van der Waals surface area contributed by atoms with E-state index in [1.165, 1.54) is 25.1 Å². The minimum Gasteiger partial charge on any atom is -0.493 e. The molecule has 2 aromatic rings. The molecule has 0 aromatic heterocycles. The molecule has 29 heavy (non-hydrogen) atoms. The Hall–Kier alpha value is -3.62. The molecule has 3 N–H and O–H groups in total. The quantitative estimate of drug-likeness (QED) is 0.580. The number of ether oxygens (including phenoxy) is 2. The first-order chi connectivity index (χ1) is 13.9. The number of carbonyl (C=O) groups is 3. The predicted octanol–water partition coefficient (Wildman–Crippen LogP) is 1.57. The summed E-state index contributed by atoms with van der Waals surface area (Å²) in [7, 11) is 0. The maximum Gasteiger partial charge on any atom is 0.279 e. The third kappa shape index (κ3) is 6.49. The number of para-hydroxylation sites is 2. The van der Waals surface area contributed by atoms with Gasteiger partial charge in [0, 0.05) is 0 Å². The third-order valence-corrected chi connectivity index (χ3v) is 3.68. The maximum atomic E-state index is 13.5. The summed E-state index contributed by atoms with van der Waals surface area (Å²) in [5.74, 6) is -2.12. The fourth-order valence-corrected chi connectivity index (χ4v) is 2.25. The van der Waals surface area contributed by atoms with Crippen LogP contribution in [0.15, 0.2) is 48.5 Å². The van der Waals surface area contributed by atoms with Gasteiger partial charge >= 0.3 is 0 Å². The Morgan fingerprint density at radius 2 is 1.66 bits per heavy atom. The smallest absolute Gasteiger partial charge is 0.279 e. The lowest BCUT2D eigenvalue weighted by Gasteiger charge is -2.15. The zero-order valence-electron chi connectivity index (χ0n) is 16.0. The van der Waals surface area contributed by atoms with E-state index in [9.17, 15) is 18.8 Å². The molecule has 9 heteroatoms. The summed E-state index contributed by atoms with van der Waals surface area (Å²) < 4.78 is 24.1. The lowest BCUT2D eigenvalue weighted by molar-refractivity contribution is -0.132. The monoisotopic (exact) mass is 403 g/mol. The van der Waals surface area contributed by atoms with Crippen LogP contribution in [0.5, 0.6) is 11.5 Å². The van der Waals surface area contributed by atoms with E-state index >= 15 is 0 Å². The number of benzene rings is 2. The number of hydrogen-bond donors (Lipinski definition) is 3. The average Bonchev–Trinajstić information content (AvgIpc) is 2.72. The van der Waals surface area contributed by atoms with Crippen LogP contribution in [0.2, 0.25) is 0 Å². The van der Waals surface area contributed by atoms with Crippen molar-refractivity contribution in [2.24, 2.45) is 0 Å². The van der Waals surface area contributed by atoms with Gasteiger partial charge < -0.3 is 14.8 Å². The molecule has 0 saturated heterocycles. The van der Waals surface area contributed by atoms with Gasteiger partial charge in [-0.15, -0.1) is 0 Å². The van der Waals surface area contributed by atoms with Crippen LogP contribution in [0, 0.1) is 5.82 Å². The SMILES string of the molecule is CCOc1ccccc1C(=O)NCC(=O)NNC(=O)[C@H](C)Oc1ccccc1F. The second-order valence-electron chi connectivity index (χ2n) is 5.84. The van der Waals surface area contributed by atoms with Gasteiger partial charge in [-0.3, -0.25) is 25.2 Å². The molecule has 0 aliphatic heterocycles. The van der Waals surface area contributed by atoms with Crippen LogP contribution in [0.1, 0.15) is 24.2 Å². The van der Waals surface area contributed by atoms with E-state index in [1.807, 2.05) is 0 Å². The molecule has 2 rings (SSSR count). The van der Waals surface area contributed by atoms with Gasteiger partial charge in [-0.1, -0.05) is 24.3 Å². The summed E-state index contributed by atoms with van der Waals surface area (Å²) in [6.07, 6.45) is -1.06. The molecule has 0 fully saturated rings. The highest BCUT2D eigenvalue weighted by molar-refractivity contribution is 5.98. The normalized spacial score (nSPS) is 11.1. The minimum absolute atomic E-state index is 0.0818. The van der Waals surface area contributed by atoms with Gasteiger partial charge in [-0.25, -0.2) is 4.39 Å². The largest absolute Gasteiger partial charge is 0.493 e. The van der Waals surface area contributed by atoms with Gasteiger partial charge in [-0.05, 0) is 38.1 Å². The average molecular weight is 403 g/mol. The fourth-order valence-electron chi connectivity index (χ4n) is 2.25. The van der Waals surface area contributed by atoms with Crippen LogP contribution < -0.4 is 25.6 Å². The molecular formula is C20H22FN3O5. The second-order valence-corrected chi connectivity index (χ2v) is 5.84. The van der Waals surface area contributed by atoms with E-state index in [0.717, 1.165) is 0 Å². The molecule has 3 amide bonds. The summed E-state index contributed by atoms with van der Waals surface area (Å²) in [5, 5.41) is 2.43. The molecule has 1 atom stereocenters. The predicted molar refractivity (Wildman–Crippen MR) is 103 cm³/mol. The highest BCUT2D eigenvalue weighted by Gasteiger charge is 2.18. The fraction of sp³-hybridized carbons (Fsp3) is 0.250. The van der Waals surface area contributed by atoms with E-state index in [1.54, 1.807) is 37.3 Å². The molecule has 0 aliphatic rings. The molecule has 0 aliphatic carbocycles. The first-order valence-corrected chi connectivity index (χ1v) is 8.92. The lowest BCUT2D eigenvalue weighted by Crippen LogP contribution is -2.50. The highest BCUT2D eigenvalue weighted by atomic mass is 19.1. The van der Waals surface area contributed by atoms with Gasteiger partial charge in [0.05, 0.1) is 18.7 Å². The standard InChI is InChI=1S/C20H22FN3O5/c1-3-28-16-10-6-4-8-14(16)20(27)22-12-18(25)23-24-19(26)13(2)29-17-11-7-5-9-15(17)21/h4-11,13H,3,12H2,1-2H3,(H,22,27)(H,23,25)(H,24,26)/t13-/m0/s1. The lowest BCUT2D eigenvalue weighted by atomic mass is 10.2. The number of hydrogen-bond acceptors (Lipinski definition) is 5. The number of nitrogens with one attached hydrogen (secondary N) is 3. The Balaban J connectivity index is 1.78. The summed E-state index contributed by atoms with van der Waals surface area (Å²) in [6, 6.07) is 12.3. The van der Waals surface area contributed by atoms with Crippen molar-refractivity contribution in [1.82, 2.24) is 16.2 Å². The van der Waals surface area contributed by atoms with E-state index in [0.29, 0.717) is 12.4 Å². The Morgan fingerprint density at radius 1 is 1.00 bits per heavy atom. The second kappa shape index (κ2) is 10.6. The van der Waals surface area contributed by atoms with Gasteiger partial charge in [0.25, 0.3) is 17.7 Å². The summed E-state index contributed by atoms with van der Waals surface area (Å²) in [6.45, 7) is 3.22. The van der Waals surface area contributed by atoms with Crippen molar-refractivity contribution in [1.29, 1.82) is 0 Å². The number of amides is 3. The molecular weight excluding hydrogens is 381 g/mol. The number of halogens is 1. The van der Waals surface area contributed by atoms with Crippen LogP contribution in [-0.2, 0) is 9.59 Å². The molecule has 0 heterocycles. The van der Waals surface area contributed by atoms with Gasteiger partial charge in [0.1, 0.15) is 5.75 Å². The van der Waals surface area contributed by atoms with Crippen molar-refractivity contribution in [3.8, 4) is 11.5 Å². The van der Waals surface area contributed by atoms with Crippen LogP contribution in [0.4, 0.5) is 4.39 Å². The van der Waals surface area contributed by atoms with Crippen LogP contribution in [-0.4, -0.2) is 37.0 Å². The van der Waals surface area contributed by atoms with Crippen molar-refractivity contribution >= 4 is 17.7 Å². The third-order valence-electron chi connectivity index (χ3n) is 3.68. The Kier molecular flexibility index (Phi) is 7.96. The van der Waals surface area contributed by atoms with Crippen molar-refractivity contribution in [3.05, 3.63) is 59.9 Å². The minimum atomic E-state index is -1.06. The van der Waals surface area contributed by atoms with Crippen LogP contribution in [0.25, 0.3) is 0 Å². The highest BCUT2D eigenvalue weighted by Crippen LogP contribution is 2.18. The molecule has 0 bridgehead atoms. The van der Waals surface area contributed by atoms with E-state index in [-0.39, 0.29) is 17.9 Å². The van der Waals surface area contributed by atoms with Crippen LogP contribution in [0.3, 0.4) is 0 Å². The molecule has 0 saturated carbocycles. The van der Waals surface area contributed by atoms with Crippen molar-refractivity contribution in [2.75, 3.05) is 13.2 Å². The number of carbonyl (C=O) groups excluding carboxylic acids is 3. The van der Waals surface area contributed by atoms with Crippen molar-refractivity contribution in [2.45, 2.75) is 20.0 Å². The Morgan fingerprint density at radius 3 is 2.34 bits per heavy atom. The first kappa shape index (κ1) is 21.7. The van der Waals surface area contributed by atoms with Crippen molar-refractivity contribution < 1.29 is 28.2 Å². The molecule has 154 valence electrons. The maximum absolute atomic E-state index is 13.5. The molecule has 0 spiro atoms. The molecule has 8 nitrogen and oxygen atoms in total. The zero-order chi connectivity index (χ0) is 21.2. The van der Waals surface area contributed by atoms with Gasteiger partial charge in [-0.2, -0.15) is 0 Å². The summed E-state index contributed by atoms with van der Waals surface area (Å²) >= 11 is 0. The van der Waals surface area contributed by atoms with Crippen molar-refractivity contribution in [3.63, 3.8) is 0 Å². The number of rotatable bonds is 8. The molecule has 0 radical (unpaired) electrons. The first-order valence-electron chi connectivity index (χ1n) is 8.92. The zero-order valence-corrected chi connectivity index (χ0v) is 16.0. The molecule has 2 aromatic carbocycles. The van der Waals surface area contributed by atoms with Gasteiger partial charge in [0.15, 0.2) is 17.7 Å². The topological polar surface area (TPSA) is 106 Å². The number of hydrazine groups is 1. The van der Waals surface area contributed by atoms with E-state index in [4.69, 9.17) is 9.47 Å². The van der Waals surface area contributed by atoms with E-state index < -0.39 is 29.6 Å². The summed E-state index contributed by atoms with van der Waals surface area (Å²) in [4.78, 5) is 36.0. The Bertz CT molecular complexity index is 875. The van der Waals surface area contributed by atoms with E-state index in [2.05, 4.69) is 16.2 Å². The summed E-state index contributed by atoms with van der Waals surface area (Å²) in [5.41, 5.74) is 4.60.